The number of benzene rings is 1. The van der Waals surface area contributed by atoms with E-state index >= 15 is 0 Å². The van der Waals surface area contributed by atoms with Crippen molar-refractivity contribution in [1.29, 1.82) is 0 Å². The topological polar surface area (TPSA) is 47.9 Å². The molecule has 0 saturated heterocycles. The van der Waals surface area contributed by atoms with Gasteiger partial charge in [-0.25, -0.2) is 0 Å². The summed E-state index contributed by atoms with van der Waals surface area (Å²) in [6, 6.07) is 10.4. The van der Waals surface area contributed by atoms with E-state index in [2.05, 4.69) is 35.5 Å². The number of aromatic nitrogens is 1. The van der Waals surface area contributed by atoms with E-state index in [9.17, 15) is 0 Å². The smallest absolute Gasteiger partial charge is 0.0702 e. The predicted octanol–water partition coefficient (Wildman–Crippen LogP) is 3.12. The quantitative estimate of drug-likeness (QED) is 0.706. The number of thioether (sulfide) groups is 1. The van der Waals surface area contributed by atoms with Crippen molar-refractivity contribution >= 4 is 22.7 Å². The van der Waals surface area contributed by atoms with Crippen LogP contribution in [0.3, 0.4) is 0 Å². The first kappa shape index (κ1) is 10.0. The number of pyridine rings is 1. The molecule has 0 aliphatic carbocycles. The average Bonchev–Trinajstić information content (AvgIpc) is 2.17. The predicted molar refractivity (Wildman–Crippen MR) is 58.5 cm³/mol. The van der Waals surface area contributed by atoms with Crippen LogP contribution in [0.1, 0.15) is 0 Å². The van der Waals surface area contributed by atoms with Crippen LogP contribution in [0.25, 0.3) is 10.9 Å². The van der Waals surface area contributed by atoms with Crippen molar-refractivity contribution in [1.82, 2.24) is 11.1 Å². The molecule has 1 aromatic heterocycles. The van der Waals surface area contributed by atoms with E-state index in [0.717, 1.165) is 5.52 Å². The highest BCUT2D eigenvalue weighted by Crippen LogP contribution is 2.19. The number of hydrogen-bond acceptors (Lipinski definition) is 3. The van der Waals surface area contributed by atoms with Crippen LogP contribution < -0.4 is 6.15 Å². The molecule has 68 valence electrons. The van der Waals surface area contributed by atoms with Crippen LogP contribution in [0.15, 0.2) is 41.4 Å². The molecule has 0 bridgehead atoms. The lowest BCUT2D eigenvalue weighted by Crippen LogP contribution is -1.77. The fourth-order valence-electron chi connectivity index (χ4n) is 1.18. The molecule has 1 aromatic carbocycles. The highest BCUT2D eigenvalue weighted by molar-refractivity contribution is 7.98. The van der Waals surface area contributed by atoms with Crippen molar-refractivity contribution in [2.75, 3.05) is 6.26 Å². The molecule has 0 radical (unpaired) electrons. The van der Waals surface area contributed by atoms with Crippen molar-refractivity contribution in [2.45, 2.75) is 4.90 Å². The van der Waals surface area contributed by atoms with Crippen molar-refractivity contribution in [2.24, 2.45) is 0 Å². The molecule has 1 heterocycles. The second-order valence-corrected chi connectivity index (χ2v) is 3.44. The lowest BCUT2D eigenvalue weighted by molar-refractivity contribution is 1.39. The first-order chi connectivity index (χ1) is 5.90. The van der Waals surface area contributed by atoms with Gasteiger partial charge in [0.1, 0.15) is 0 Å². The van der Waals surface area contributed by atoms with Gasteiger partial charge < -0.3 is 6.15 Å². The van der Waals surface area contributed by atoms with E-state index < -0.39 is 0 Å². The molecule has 0 unspecified atom stereocenters. The number of hydrogen-bond donors (Lipinski definition) is 1. The highest BCUT2D eigenvalue weighted by Gasteiger charge is 1.93. The molecule has 0 fully saturated rings. The maximum atomic E-state index is 4.25. The minimum atomic E-state index is 0. The van der Waals surface area contributed by atoms with Crippen LogP contribution >= 0.6 is 11.8 Å². The van der Waals surface area contributed by atoms with Gasteiger partial charge in [-0.15, -0.1) is 11.8 Å². The summed E-state index contributed by atoms with van der Waals surface area (Å²) in [5.41, 5.74) is 1.07. The molecule has 0 spiro atoms. The van der Waals surface area contributed by atoms with Gasteiger partial charge in [0.25, 0.3) is 0 Å². The number of fused-ring (bicyclic) bond motifs is 1. The van der Waals surface area contributed by atoms with Crippen LogP contribution in [0.5, 0.6) is 0 Å². The largest absolute Gasteiger partial charge is 0.344 e. The summed E-state index contributed by atoms with van der Waals surface area (Å²) in [6.45, 7) is 0. The van der Waals surface area contributed by atoms with Crippen molar-refractivity contribution in [3.63, 3.8) is 0 Å². The second-order valence-electron chi connectivity index (χ2n) is 2.56. The molecule has 0 atom stereocenters. The van der Waals surface area contributed by atoms with Gasteiger partial charge >= 0.3 is 0 Å². The van der Waals surface area contributed by atoms with Gasteiger partial charge in [-0.3, -0.25) is 4.98 Å². The Bertz CT molecular complexity index is 401. The van der Waals surface area contributed by atoms with Gasteiger partial charge in [0.2, 0.25) is 0 Å². The summed E-state index contributed by atoms with van der Waals surface area (Å²) in [5.74, 6) is 0. The van der Waals surface area contributed by atoms with Crippen LogP contribution in [0.2, 0.25) is 0 Å². The first-order valence-corrected chi connectivity index (χ1v) is 5.01. The maximum absolute atomic E-state index is 4.25. The molecule has 0 amide bonds. The fourth-order valence-corrected chi connectivity index (χ4v) is 1.63. The monoisotopic (exact) mass is 192 g/mol. The van der Waals surface area contributed by atoms with Crippen LogP contribution in [-0.4, -0.2) is 11.2 Å². The minimum absolute atomic E-state index is 0. The third-order valence-corrected chi connectivity index (χ3v) is 2.54. The third kappa shape index (κ3) is 1.99. The molecule has 0 aliphatic heterocycles. The van der Waals surface area contributed by atoms with Gasteiger partial charge in [-0.05, 0) is 30.5 Å². The van der Waals surface area contributed by atoms with E-state index in [1.165, 1.54) is 10.3 Å². The zero-order valence-electron chi connectivity index (χ0n) is 7.53. The van der Waals surface area contributed by atoms with E-state index in [1.54, 1.807) is 11.8 Å². The maximum Gasteiger partial charge on any atom is 0.0702 e. The SMILES string of the molecule is CSc1ccc2ncccc2c1.N. The summed E-state index contributed by atoms with van der Waals surface area (Å²) in [5, 5.41) is 1.21. The summed E-state index contributed by atoms with van der Waals surface area (Å²) in [4.78, 5) is 5.53. The van der Waals surface area contributed by atoms with Crippen molar-refractivity contribution in [3.05, 3.63) is 36.5 Å². The zero-order valence-corrected chi connectivity index (χ0v) is 8.34. The Morgan fingerprint density at radius 1 is 1.23 bits per heavy atom. The number of rotatable bonds is 1. The van der Waals surface area contributed by atoms with Gasteiger partial charge in [0.05, 0.1) is 5.52 Å². The van der Waals surface area contributed by atoms with Crippen molar-refractivity contribution in [3.8, 4) is 0 Å². The van der Waals surface area contributed by atoms with E-state index in [4.69, 9.17) is 0 Å². The molecule has 2 aromatic rings. The van der Waals surface area contributed by atoms with Gasteiger partial charge in [0, 0.05) is 16.5 Å². The molecule has 0 saturated carbocycles. The Kier molecular flexibility index (Phi) is 3.28. The standard InChI is InChI=1S/C10H9NS.H3N/c1-12-9-4-5-10-8(7-9)3-2-6-11-10;/h2-7H,1H3;1H3. The summed E-state index contributed by atoms with van der Waals surface area (Å²) in [7, 11) is 0. The Balaban J connectivity index is 0.000000845. The van der Waals surface area contributed by atoms with Gasteiger partial charge in [-0.2, -0.15) is 0 Å². The summed E-state index contributed by atoms with van der Waals surface area (Å²) < 4.78 is 0. The molecule has 2 nitrogen and oxygen atoms in total. The van der Waals surface area contributed by atoms with E-state index in [-0.39, 0.29) is 6.15 Å². The van der Waals surface area contributed by atoms with Gasteiger partial charge in [-0.1, -0.05) is 6.07 Å². The lowest BCUT2D eigenvalue weighted by Gasteiger charge is -1.98. The Hall–Kier alpha value is -1.06. The van der Waals surface area contributed by atoms with Crippen LogP contribution in [-0.2, 0) is 0 Å². The Morgan fingerprint density at radius 2 is 2.08 bits per heavy atom. The van der Waals surface area contributed by atoms with Crippen LogP contribution in [0, 0.1) is 0 Å². The second kappa shape index (κ2) is 4.25. The summed E-state index contributed by atoms with van der Waals surface area (Å²) in [6.07, 6.45) is 3.90. The normalized spacial score (nSPS) is 9.62. The Labute approximate surface area is 82.0 Å². The molecule has 2 rings (SSSR count). The van der Waals surface area contributed by atoms with E-state index in [1.807, 2.05) is 12.3 Å². The minimum Gasteiger partial charge on any atom is -0.344 e. The van der Waals surface area contributed by atoms with Crippen molar-refractivity contribution < 1.29 is 0 Å². The van der Waals surface area contributed by atoms with E-state index in [0.29, 0.717) is 0 Å². The molecular formula is C10H12N2S. The molecule has 3 N–H and O–H groups in total. The third-order valence-electron chi connectivity index (χ3n) is 1.81. The highest BCUT2D eigenvalue weighted by atomic mass is 32.2. The molecular weight excluding hydrogens is 180 g/mol. The van der Waals surface area contributed by atoms with Crippen LogP contribution in [0.4, 0.5) is 0 Å². The summed E-state index contributed by atoms with van der Waals surface area (Å²) >= 11 is 1.76. The molecule has 3 heteroatoms. The average molecular weight is 192 g/mol. The van der Waals surface area contributed by atoms with Gasteiger partial charge in [0.15, 0.2) is 0 Å². The fraction of sp³-hybridized carbons (Fsp3) is 0.100. The zero-order chi connectivity index (χ0) is 8.39. The molecule has 0 aliphatic rings. The first-order valence-electron chi connectivity index (χ1n) is 3.79. The molecule has 13 heavy (non-hydrogen) atoms. The lowest BCUT2D eigenvalue weighted by atomic mass is 10.2. The number of nitrogens with zero attached hydrogens (tertiary/aromatic N) is 1. The Morgan fingerprint density at radius 3 is 2.85 bits per heavy atom.